The van der Waals surface area contributed by atoms with E-state index < -0.39 is 5.54 Å². The Morgan fingerprint density at radius 1 is 1.47 bits per heavy atom. The molecular formula is C12H17NO2. The van der Waals surface area contributed by atoms with Crippen molar-refractivity contribution in [3.8, 4) is 0 Å². The van der Waals surface area contributed by atoms with Gasteiger partial charge in [0.15, 0.2) is 0 Å². The maximum atomic E-state index is 9.58. The van der Waals surface area contributed by atoms with E-state index in [0.717, 1.165) is 6.54 Å². The van der Waals surface area contributed by atoms with Crippen LogP contribution in [0.3, 0.4) is 0 Å². The monoisotopic (exact) mass is 207 g/mol. The molecule has 0 amide bonds. The van der Waals surface area contributed by atoms with Crippen LogP contribution < -0.4 is 5.32 Å². The van der Waals surface area contributed by atoms with Crippen molar-refractivity contribution in [1.82, 2.24) is 5.32 Å². The number of hydrogen-bond donors (Lipinski definition) is 2. The van der Waals surface area contributed by atoms with E-state index in [1.54, 1.807) is 0 Å². The van der Waals surface area contributed by atoms with Crippen molar-refractivity contribution in [2.75, 3.05) is 19.8 Å². The van der Waals surface area contributed by atoms with Gasteiger partial charge in [0, 0.05) is 0 Å². The van der Waals surface area contributed by atoms with Crippen LogP contribution in [0.15, 0.2) is 24.3 Å². The van der Waals surface area contributed by atoms with Crippen molar-refractivity contribution in [1.29, 1.82) is 0 Å². The van der Waals surface area contributed by atoms with Gasteiger partial charge in [-0.15, -0.1) is 0 Å². The number of benzene rings is 1. The maximum Gasteiger partial charge on any atom is 0.0909 e. The van der Waals surface area contributed by atoms with Crippen LogP contribution in [0.25, 0.3) is 0 Å². The molecule has 3 nitrogen and oxygen atoms in total. The highest BCUT2D eigenvalue weighted by Gasteiger charge is 2.35. The summed E-state index contributed by atoms with van der Waals surface area (Å²) in [5.74, 6) is 0. The standard InChI is InChI=1S/C12H17NO2/c1-2-13-12(8-14)9-15-7-10-5-3-4-6-11(10)12/h3-6,13-14H,2,7-9H2,1H3. The van der Waals surface area contributed by atoms with Crippen molar-refractivity contribution in [3.05, 3.63) is 35.4 Å². The van der Waals surface area contributed by atoms with Gasteiger partial charge in [0.2, 0.25) is 0 Å². The van der Waals surface area contributed by atoms with Crippen LogP contribution in [-0.4, -0.2) is 24.9 Å². The Kier molecular flexibility index (Phi) is 3.05. The summed E-state index contributed by atoms with van der Waals surface area (Å²) in [6.45, 7) is 4.10. The van der Waals surface area contributed by atoms with Gasteiger partial charge in [-0.3, -0.25) is 0 Å². The van der Waals surface area contributed by atoms with E-state index in [-0.39, 0.29) is 6.61 Å². The largest absolute Gasteiger partial charge is 0.394 e. The Labute approximate surface area is 90.1 Å². The molecule has 0 bridgehead atoms. The first-order chi connectivity index (χ1) is 7.32. The lowest BCUT2D eigenvalue weighted by molar-refractivity contribution is 0.00806. The summed E-state index contributed by atoms with van der Waals surface area (Å²) in [6.07, 6.45) is 0. The zero-order valence-corrected chi connectivity index (χ0v) is 8.99. The highest BCUT2D eigenvalue weighted by molar-refractivity contribution is 5.35. The summed E-state index contributed by atoms with van der Waals surface area (Å²) < 4.78 is 5.53. The van der Waals surface area contributed by atoms with Crippen LogP contribution in [-0.2, 0) is 16.9 Å². The molecule has 2 rings (SSSR count). The third-order valence-electron chi connectivity index (χ3n) is 2.92. The number of aliphatic hydroxyl groups is 1. The van der Waals surface area contributed by atoms with E-state index in [2.05, 4.69) is 17.4 Å². The molecule has 15 heavy (non-hydrogen) atoms. The fraction of sp³-hybridized carbons (Fsp3) is 0.500. The number of nitrogens with one attached hydrogen (secondary N) is 1. The van der Waals surface area contributed by atoms with Gasteiger partial charge in [-0.2, -0.15) is 0 Å². The van der Waals surface area contributed by atoms with Gasteiger partial charge in [-0.25, -0.2) is 0 Å². The molecule has 0 spiro atoms. The number of hydrogen-bond acceptors (Lipinski definition) is 3. The molecule has 0 saturated carbocycles. The second-order valence-electron chi connectivity index (χ2n) is 3.92. The van der Waals surface area contributed by atoms with E-state index in [0.29, 0.717) is 13.2 Å². The van der Waals surface area contributed by atoms with Gasteiger partial charge in [0.1, 0.15) is 0 Å². The molecule has 0 fully saturated rings. The number of aliphatic hydroxyl groups excluding tert-OH is 1. The molecule has 1 aromatic carbocycles. The molecule has 1 aliphatic heterocycles. The van der Waals surface area contributed by atoms with Gasteiger partial charge < -0.3 is 15.2 Å². The first-order valence-corrected chi connectivity index (χ1v) is 5.34. The predicted octanol–water partition coefficient (Wildman–Crippen LogP) is 1.01. The van der Waals surface area contributed by atoms with E-state index in [9.17, 15) is 5.11 Å². The van der Waals surface area contributed by atoms with Crippen molar-refractivity contribution in [2.24, 2.45) is 0 Å². The van der Waals surface area contributed by atoms with Gasteiger partial charge in [0.25, 0.3) is 0 Å². The van der Waals surface area contributed by atoms with Gasteiger partial charge >= 0.3 is 0 Å². The van der Waals surface area contributed by atoms with Crippen LogP contribution in [0.4, 0.5) is 0 Å². The third kappa shape index (κ3) is 1.78. The quantitative estimate of drug-likeness (QED) is 0.777. The topological polar surface area (TPSA) is 41.5 Å². The average Bonchev–Trinajstić information content (AvgIpc) is 2.30. The average molecular weight is 207 g/mol. The minimum absolute atomic E-state index is 0.0673. The van der Waals surface area contributed by atoms with Crippen LogP contribution in [0, 0.1) is 0 Å². The minimum Gasteiger partial charge on any atom is -0.394 e. The summed E-state index contributed by atoms with van der Waals surface area (Å²) in [5, 5.41) is 12.9. The number of rotatable bonds is 3. The van der Waals surface area contributed by atoms with E-state index in [1.165, 1.54) is 11.1 Å². The predicted molar refractivity (Wildman–Crippen MR) is 58.5 cm³/mol. The molecule has 1 heterocycles. The lowest BCUT2D eigenvalue weighted by atomic mass is 9.86. The molecule has 82 valence electrons. The number of ether oxygens (including phenoxy) is 1. The van der Waals surface area contributed by atoms with Crippen molar-refractivity contribution in [3.63, 3.8) is 0 Å². The molecule has 1 aromatic rings. The zero-order chi connectivity index (χ0) is 10.7. The zero-order valence-electron chi connectivity index (χ0n) is 8.99. The van der Waals surface area contributed by atoms with Crippen molar-refractivity contribution in [2.45, 2.75) is 19.1 Å². The molecule has 3 heteroatoms. The summed E-state index contributed by atoms with van der Waals surface area (Å²) in [4.78, 5) is 0. The minimum atomic E-state index is -0.413. The third-order valence-corrected chi connectivity index (χ3v) is 2.92. The smallest absolute Gasteiger partial charge is 0.0909 e. The molecule has 1 aliphatic rings. The summed E-state index contributed by atoms with van der Waals surface area (Å²) >= 11 is 0. The fourth-order valence-corrected chi connectivity index (χ4v) is 2.20. The maximum absolute atomic E-state index is 9.58. The molecular weight excluding hydrogens is 190 g/mol. The molecule has 1 unspecified atom stereocenters. The van der Waals surface area contributed by atoms with Gasteiger partial charge in [0.05, 0.1) is 25.4 Å². The van der Waals surface area contributed by atoms with Gasteiger partial charge in [-0.05, 0) is 17.7 Å². The van der Waals surface area contributed by atoms with Crippen molar-refractivity contribution >= 4 is 0 Å². The highest BCUT2D eigenvalue weighted by atomic mass is 16.5. The van der Waals surface area contributed by atoms with Gasteiger partial charge in [-0.1, -0.05) is 31.2 Å². The Morgan fingerprint density at radius 2 is 2.27 bits per heavy atom. The Morgan fingerprint density at radius 3 is 3.00 bits per heavy atom. The molecule has 0 aromatic heterocycles. The molecule has 1 atom stereocenters. The first kappa shape index (κ1) is 10.6. The Bertz CT molecular complexity index is 340. The van der Waals surface area contributed by atoms with Crippen molar-refractivity contribution < 1.29 is 9.84 Å². The summed E-state index contributed by atoms with van der Waals surface area (Å²) in [5.41, 5.74) is 1.92. The fourth-order valence-electron chi connectivity index (χ4n) is 2.20. The molecule has 0 radical (unpaired) electrons. The van der Waals surface area contributed by atoms with Crippen LogP contribution >= 0.6 is 0 Å². The number of fused-ring (bicyclic) bond motifs is 1. The normalized spacial score (nSPS) is 24.9. The second kappa shape index (κ2) is 4.31. The van der Waals surface area contributed by atoms with Crippen LogP contribution in [0.1, 0.15) is 18.1 Å². The molecule has 2 N–H and O–H groups in total. The first-order valence-electron chi connectivity index (χ1n) is 5.34. The summed E-state index contributed by atoms with van der Waals surface area (Å²) in [7, 11) is 0. The number of likely N-dealkylation sites (N-methyl/N-ethyl adjacent to an activating group) is 1. The second-order valence-corrected chi connectivity index (χ2v) is 3.92. The Balaban J connectivity index is 2.42. The lowest BCUT2D eigenvalue weighted by Crippen LogP contribution is -2.51. The van der Waals surface area contributed by atoms with Crippen LogP contribution in [0.5, 0.6) is 0 Å². The summed E-state index contributed by atoms with van der Waals surface area (Å²) in [6, 6.07) is 8.13. The van der Waals surface area contributed by atoms with E-state index >= 15 is 0 Å². The Hall–Kier alpha value is -0.900. The van der Waals surface area contributed by atoms with E-state index in [1.807, 2.05) is 19.1 Å². The van der Waals surface area contributed by atoms with E-state index in [4.69, 9.17) is 4.74 Å². The van der Waals surface area contributed by atoms with Crippen LogP contribution in [0.2, 0.25) is 0 Å². The lowest BCUT2D eigenvalue weighted by Gasteiger charge is -2.38. The highest BCUT2D eigenvalue weighted by Crippen LogP contribution is 2.29. The molecule has 0 saturated heterocycles. The molecule has 0 aliphatic carbocycles. The SMILES string of the molecule is CCNC1(CO)COCc2ccccc21.